The molecule has 0 spiro atoms. The normalized spacial score (nSPS) is 15.7. The van der Waals surface area contributed by atoms with Crippen molar-refractivity contribution in [2.45, 2.75) is 12.8 Å². The van der Waals surface area contributed by atoms with Crippen LogP contribution in [0, 0.1) is 0 Å². The van der Waals surface area contributed by atoms with Crippen LogP contribution in [-0.2, 0) is 4.79 Å². The van der Waals surface area contributed by atoms with E-state index in [1.54, 1.807) is 12.7 Å². The maximum absolute atomic E-state index is 10.2. The fourth-order valence-electron chi connectivity index (χ4n) is 1.39. The van der Waals surface area contributed by atoms with Crippen molar-refractivity contribution in [3.05, 3.63) is 30.5 Å². The lowest BCUT2D eigenvalue weighted by Crippen LogP contribution is -2.12. The molecule has 0 atom stereocenters. The Hall–Kier alpha value is -1.91. The number of amides is 1. The number of carbonyl (C=O) groups is 1. The number of nitrogens with zero attached hydrogens (tertiary/aromatic N) is 3. The molecule has 2 rings (SSSR count). The van der Waals surface area contributed by atoms with Gasteiger partial charge in [0.1, 0.15) is 12.7 Å². The lowest BCUT2D eigenvalue weighted by atomic mass is 10.1. The summed E-state index contributed by atoms with van der Waals surface area (Å²) >= 11 is 0. The molecule has 0 bridgehead atoms. The highest BCUT2D eigenvalue weighted by Crippen LogP contribution is 2.19. The van der Waals surface area contributed by atoms with Crippen LogP contribution in [0.3, 0.4) is 0 Å². The van der Waals surface area contributed by atoms with E-state index in [9.17, 15) is 4.79 Å². The Balaban J connectivity index is 2.14. The van der Waals surface area contributed by atoms with Gasteiger partial charge in [-0.3, -0.25) is 9.36 Å². The molecule has 72 valence electrons. The first-order valence-electron chi connectivity index (χ1n) is 4.35. The Morgan fingerprint density at radius 1 is 1.29 bits per heavy atom. The van der Waals surface area contributed by atoms with Crippen LogP contribution in [0.4, 0.5) is 0 Å². The van der Waals surface area contributed by atoms with Crippen LogP contribution in [0.5, 0.6) is 0 Å². The van der Waals surface area contributed by atoms with Gasteiger partial charge in [-0.1, -0.05) is 0 Å². The van der Waals surface area contributed by atoms with Crippen LogP contribution in [0.15, 0.2) is 30.5 Å². The molecule has 0 saturated heterocycles. The molecule has 0 unspecified atom stereocenters. The Morgan fingerprint density at radius 3 is 2.64 bits per heavy atom. The molecule has 1 aromatic rings. The lowest BCUT2D eigenvalue weighted by Gasteiger charge is -2.13. The van der Waals surface area contributed by atoms with E-state index in [1.807, 2.05) is 16.7 Å². The summed E-state index contributed by atoms with van der Waals surface area (Å²) in [6, 6.07) is 0. The molecule has 1 aliphatic carbocycles. The quantitative estimate of drug-likeness (QED) is 0.708. The smallest absolute Gasteiger partial charge is 0.211 e. The molecule has 1 aromatic heterocycles. The molecule has 1 amide bonds. The van der Waals surface area contributed by atoms with E-state index in [0.29, 0.717) is 6.41 Å². The van der Waals surface area contributed by atoms with Crippen molar-refractivity contribution >= 4 is 12.1 Å². The first-order valence-corrected chi connectivity index (χ1v) is 4.35. The van der Waals surface area contributed by atoms with Crippen molar-refractivity contribution in [3.8, 4) is 0 Å². The van der Waals surface area contributed by atoms with Crippen LogP contribution >= 0.6 is 0 Å². The highest BCUT2D eigenvalue weighted by atomic mass is 16.1. The van der Waals surface area contributed by atoms with E-state index in [0.717, 1.165) is 24.2 Å². The Morgan fingerprint density at radius 2 is 2.07 bits per heavy atom. The zero-order valence-corrected chi connectivity index (χ0v) is 7.55. The maximum Gasteiger partial charge on any atom is 0.211 e. The molecule has 14 heavy (non-hydrogen) atoms. The second-order valence-electron chi connectivity index (χ2n) is 2.98. The average Bonchev–Trinajstić information content (AvgIpc) is 2.72. The first kappa shape index (κ1) is 8.68. The molecule has 0 fully saturated rings. The Bertz CT molecular complexity index is 378. The van der Waals surface area contributed by atoms with Crippen molar-refractivity contribution < 1.29 is 4.79 Å². The fraction of sp³-hybridized carbons (Fsp3) is 0.222. The van der Waals surface area contributed by atoms with Gasteiger partial charge in [0.15, 0.2) is 0 Å². The zero-order chi connectivity index (χ0) is 9.80. The topological polar surface area (TPSA) is 59.8 Å². The van der Waals surface area contributed by atoms with Crippen LogP contribution in [-0.4, -0.2) is 21.2 Å². The first-order chi connectivity index (χ1) is 6.90. The zero-order valence-electron chi connectivity index (χ0n) is 7.55. The highest BCUT2D eigenvalue weighted by molar-refractivity contribution is 5.55. The van der Waals surface area contributed by atoms with E-state index in [-0.39, 0.29) is 0 Å². The predicted octanol–water partition coefficient (Wildman–Crippen LogP) is 0.543. The minimum Gasteiger partial charge on any atom is -0.332 e. The van der Waals surface area contributed by atoms with Crippen LogP contribution in [0.1, 0.15) is 12.8 Å². The van der Waals surface area contributed by atoms with Crippen molar-refractivity contribution in [2.75, 3.05) is 0 Å². The highest BCUT2D eigenvalue weighted by Gasteiger charge is 2.06. The lowest BCUT2D eigenvalue weighted by molar-refractivity contribution is -0.109. The second-order valence-corrected chi connectivity index (χ2v) is 2.98. The maximum atomic E-state index is 10.2. The van der Waals surface area contributed by atoms with Gasteiger partial charge in [-0.15, -0.1) is 10.2 Å². The minimum absolute atomic E-state index is 0.698. The second kappa shape index (κ2) is 3.87. The van der Waals surface area contributed by atoms with Crippen LogP contribution in [0.2, 0.25) is 0 Å². The molecule has 0 aliphatic heterocycles. The average molecular weight is 190 g/mol. The van der Waals surface area contributed by atoms with Crippen molar-refractivity contribution in [3.63, 3.8) is 0 Å². The van der Waals surface area contributed by atoms with Gasteiger partial charge in [0.25, 0.3) is 0 Å². The van der Waals surface area contributed by atoms with Gasteiger partial charge in [-0.25, -0.2) is 0 Å². The SMILES string of the molecule is O=CNC1=CC=C(n2cnnc2)CC1. The third-order valence-corrected chi connectivity index (χ3v) is 2.12. The van der Waals surface area contributed by atoms with E-state index in [2.05, 4.69) is 15.5 Å². The monoisotopic (exact) mass is 190 g/mol. The van der Waals surface area contributed by atoms with E-state index >= 15 is 0 Å². The standard InChI is InChI=1S/C9H10N4O/c14-7-10-8-1-3-9(4-2-8)13-5-11-12-6-13/h1,3,5-7H,2,4H2,(H,10,14). The number of rotatable bonds is 3. The van der Waals surface area contributed by atoms with Gasteiger partial charge >= 0.3 is 0 Å². The molecular formula is C9H10N4O. The van der Waals surface area contributed by atoms with Crippen molar-refractivity contribution in [1.29, 1.82) is 0 Å². The number of nitrogens with one attached hydrogen (secondary N) is 1. The summed E-state index contributed by atoms with van der Waals surface area (Å²) in [5, 5.41) is 10.1. The Kier molecular flexibility index (Phi) is 2.40. The third-order valence-electron chi connectivity index (χ3n) is 2.12. The minimum atomic E-state index is 0.698. The largest absolute Gasteiger partial charge is 0.332 e. The molecule has 5 heteroatoms. The van der Waals surface area contributed by atoms with Gasteiger partial charge in [-0.05, 0) is 25.0 Å². The molecular weight excluding hydrogens is 180 g/mol. The summed E-state index contributed by atoms with van der Waals surface area (Å²) in [7, 11) is 0. The molecule has 5 nitrogen and oxygen atoms in total. The molecule has 0 aromatic carbocycles. The number of aromatic nitrogens is 3. The third kappa shape index (κ3) is 1.71. The predicted molar refractivity (Wildman–Crippen MR) is 50.8 cm³/mol. The summed E-state index contributed by atoms with van der Waals surface area (Å²) < 4.78 is 1.87. The summed E-state index contributed by atoms with van der Waals surface area (Å²) in [5.41, 5.74) is 2.07. The van der Waals surface area contributed by atoms with Gasteiger partial charge in [0, 0.05) is 11.4 Å². The van der Waals surface area contributed by atoms with E-state index < -0.39 is 0 Å². The summed E-state index contributed by atoms with van der Waals surface area (Å²) in [6.07, 6.45) is 9.60. The van der Waals surface area contributed by atoms with Crippen LogP contribution < -0.4 is 5.32 Å². The molecule has 0 saturated carbocycles. The van der Waals surface area contributed by atoms with Crippen LogP contribution in [0.25, 0.3) is 5.70 Å². The molecule has 1 heterocycles. The number of allylic oxidation sites excluding steroid dienone is 4. The van der Waals surface area contributed by atoms with Gasteiger partial charge < -0.3 is 5.32 Å². The number of hydrogen-bond donors (Lipinski definition) is 1. The van der Waals surface area contributed by atoms with Crippen molar-refractivity contribution in [2.24, 2.45) is 0 Å². The van der Waals surface area contributed by atoms with Crippen molar-refractivity contribution in [1.82, 2.24) is 20.1 Å². The summed E-state index contributed by atoms with van der Waals surface area (Å²) in [4.78, 5) is 10.2. The van der Waals surface area contributed by atoms with Gasteiger partial charge in [0.2, 0.25) is 6.41 Å². The molecule has 0 radical (unpaired) electrons. The molecule has 1 aliphatic rings. The summed E-state index contributed by atoms with van der Waals surface area (Å²) in [6.45, 7) is 0. The number of hydrogen-bond acceptors (Lipinski definition) is 3. The van der Waals surface area contributed by atoms with E-state index in [1.165, 1.54) is 0 Å². The van der Waals surface area contributed by atoms with Gasteiger partial charge in [-0.2, -0.15) is 0 Å². The molecule has 1 N–H and O–H groups in total. The fourth-order valence-corrected chi connectivity index (χ4v) is 1.39. The van der Waals surface area contributed by atoms with Gasteiger partial charge in [0.05, 0.1) is 0 Å². The Labute approximate surface area is 81.1 Å². The van der Waals surface area contributed by atoms with E-state index in [4.69, 9.17) is 0 Å². The summed E-state index contributed by atoms with van der Waals surface area (Å²) in [5.74, 6) is 0. The number of carbonyl (C=O) groups excluding carboxylic acids is 1.